The molecule has 1 fully saturated rings. The second-order valence-corrected chi connectivity index (χ2v) is 10.9. The van der Waals surface area contributed by atoms with Crippen LogP contribution in [0.1, 0.15) is 58.5 Å². The van der Waals surface area contributed by atoms with E-state index in [0.29, 0.717) is 74.3 Å². The molecule has 5 rings (SSSR count). The average Bonchev–Trinajstić information content (AvgIpc) is 3.95. The number of ether oxygens (including phenoxy) is 3. The molecule has 1 aliphatic heterocycles. The molecule has 0 unspecified atom stereocenters. The molecule has 1 saturated carbocycles. The van der Waals surface area contributed by atoms with Gasteiger partial charge in [0.1, 0.15) is 5.75 Å². The Hall–Kier alpha value is -4.71. The Kier molecular flexibility index (Phi) is 13.3. The summed E-state index contributed by atoms with van der Waals surface area (Å²) in [4.78, 5) is 39.8. The van der Waals surface area contributed by atoms with Crippen LogP contribution in [0.25, 0.3) is 5.70 Å². The molecule has 0 bridgehead atoms. The summed E-state index contributed by atoms with van der Waals surface area (Å²) in [6.07, 6.45) is 1.90. The Morgan fingerprint density at radius 2 is 1.60 bits per heavy atom. The minimum atomic E-state index is -0.227. The van der Waals surface area contributed by atoms with Crippen LogP contribution in [-0.4, -0.2) is 74.8 Å². The van der Waals surface area contributed by atoms with Crippen LogP contribution >= 0.6 is 0 Å². The van der Waals surface area contributed by atoms with Crippen LogP contribution in [0.15, 0.2) is 73.3 Å². The average molecular weight is 644 g/mol. The normalized spacial score (nSPS) is 13.2. The molecule has 1 heterocycles. The van der Waals surface area contributed by atoms with E-state index in [2.05, 4.69) is 22.5 Å². The molecule has 5 N–H and O–H groups in total. The van der Waals surface area contributed by atoms with Gasteiger partial charge in [0.25, 0.3) is 17.7 Å². The number of rotatable bonds is 16. The Morgan fingerprint density at radius 1 is 0.936 bits per heavy atom. The fourth-order valence-electron chi connectivity index (χ4n) is 4.82. The van der Waals surface area contributed by atoms with E-state index in [4.69, 9.17) is 19.9 Å². The fraction of sp³-hybridized carbons (Fsp3) is 0.361. The van der Waals surface area contributed by atoms with Gasteiger partial charge in [-0.05, 0) is 66.4 Å². The summed E-state index contributed by atoms with van der Waals surface area (Å²) < 4.78 is 16.3. The highest BCUT2D eigenvalue weighted by atomic mass is 16.5. The number of benzene rings is 3. The number of anilines is 2. The third-order valence-electron chi connectivity index (χ3n) is 7.39. The van der Waals surface area contributed by atoms with Gasteiger partial charge in [-0.25, -0.2) is 0 Å². The molecule has 250 valence electrons. The van der Waals surface area contributed by atoms with Gasteiger partial charge in [-0.1, -0.05) is 44.7 Å². The maximum Gasteiger partial charge on any atom is 0.262 e. The van der Waals surface area contributed by atoms with Crippen molar-refractivity contribution in [1.82, 2.24) is 10.2 Å². The van der Waals surface area contributed by atoms with E-state index in [9.17, 15) is 14.4 Å². The van der Waals surface area contributed by atoms with Crippen molar-refractivity contribution in [2.75, 3.05) is 56.8 Å². The van der Waals surface area contributed by atoms with E-state index in [1.165, 1.54) is 0 Å². The number of nitrogens with zero attached hydrogens (tertiary/aromatic N) is 1. The van der Waals surface area contributed by atoms with E-state index in [-0.39, 0.29) is 30.4 Å². The highest BCUT2D eigenvalue weighted by Crippen LogP contribution is 2.33. The van der Waals surface area contributed by atoms with Crippen molar-refractivity contribution in [3.8, 4) is 5.75 Å². The van der Waals surface area contributed by atoms with Gasteiger partial charge < -0.3 is 40.8 Å². The van der Waals surface area contributed by atoms with Gasteiger partial charge in [0.05, 0.1) is 32.1 Å². The maximum absolute atomic E-state index is 13.4. The molecule has 0 spiro atoms. The number of fused-ring (bicyclic) bond motifs is 1. The molecule has 1 aliphatic carbocycles. The summed E-state index contributed by atoms with van der Waals surface area (Å²) >= 11 is 0. The number of nitrogens with one attached hydrogen (secondary N) is 3. The third-order valence-corrected chi connectivity index (χ3v) is 7.39. The van der Waals surface area contributed by atoms with E-state index < -0.39 is 0 Å². The summed E-state index contributed by atoms with van der Waals surface area (Å²) in [5.74, 6) is -0.0490. The zero-order valence-corrected chi connectivity index (χ0v) is 27.2. The Balaban J connectivity index is 0.00000245. The van der Waals surface area contributed by atoms with E-state index >= 15 is 0 Å². The first-order valence-electron chi connectivity index (χ1n) is 16.1. The lowest BCUT2D eigenvalue weighted by Gasteiger charge is -2.24. The maximum atomic E-state index is 13.4. The molecule has 47 heavy (non-hydrogen) atoms. The lowest BCUT2D eigenvalue weighted by molar-refractivity contribution is -0.118. The van der Waals surface area contributed by atoms with Gasteiger partial charge in [-0.2, -0.15) is 0 Å². The lowest BCUT2D eigenvalue weighted by Crippen LogP contribution is -2.33. The van der Waals surface area contributed by atoms with E-state index in [1.54, 1.807) is 30.3 Å². The van der Waals surface area contributed by atoms with Crippen molar-refractivity contribution in [3.05, 3.63) is 95.6 Å². The van der Waals surface area contributed by atoms with Gasteiger partial charge >= 0.3 is 0 Å². The lowest BCUT2D eigenvalue weighted by atomic mass is 10.1. The quantitative estimate of drug-likeness (QED) is 0.165. The van der Waals surface area contributed by atoms with Gasteiger partial charge in [0.2, 0.25) is 0 Å². The molecule has 0 saturated heterocycles. The molecule has 3 aromatic carbocycles. The molecule has 11 heteroatoms. The summed E-state index contributed by atoms with van der Waals surface area (Å²) in [6, 6.07) is 20.0. The predicted molar refractivity (Wildman–Crippen MR) is 183 cm³/mol. The smallest absolute Gasteiger partial charge is 0.262 e. The zero-order chi connectivity index (χ0) is 33.6. The standard InChI is InChI=1S/C34H39N5O6.C2H6/c1-23(36-15-17-44-19-18-43-16-14-35)25-6-9-28(10-7-25)37-33(41)26-4-2-24(3-5-26)21-39(29-11-12-29)34(42)27-8-13-30-31(20-27)45-22-32(40)38-30;1-2/h2-10,13,20,29,36H,1,11-12,14-19,21-22,35H2,(H,37,41)(H,38,40);1-2H3. The number of hydrogen-bond donors (Lipinski definition) is 4. The first kappa shape index (κ1) is 35.1. The summed E-state index contributed by atoms with van der Waals surface area (Å²) in [6.45, 7) is 11.6. The first-order valence-corrected chi connectivity index (χ1v) is 16.1. The molecule has 3 aromatic rings. The molecule has 0 aromatic heterocycles. The van der Waals surface area contributed by atoms with E-state index in [1.807, 2.05) is 55.1 Å². The summed E-state index contributed by atoms with van der Waals surface area (Å²) in [5.41, 5.74) is 10.2. The Labute approximate surface area is 276 Å². The highest BCUT2D eigenvalue weighted by molar-refractivity contribution is 6.04. The van der Waals surface area contributed by atoms with Crippen LogP contribution in [0.4, 0.5) is 11.4 Å². The van der Waals surface area contributed by atoms with Gasteiger partial charge in [-0.15, -0.1) is 0 Å². The van der Waals surface area contributed by atoms with Crippen molar-refractivity contribution in [3.63, 3.8) is 0 Å². The van der Waals surface area contributed by atoms with Crippen LogP contribution in [-0.2, 0) is 20.8 Å². The number of carbonyl (C=O) groups excluding carboxylic acids is 3. The van der Waals surface area contributed by atoms with Crippen LogP contribution in [0.2, 0.25) is 0 Å². The second kappa shape index (κ2) is 17.8. The first-order chi connectivity index (χ1) is 22.9. The molecule has 11 nitrogen and oxygen atoms in total. The van der Waals surface area contributed by atoms with Gasteiger partial charge in [0.15, 0.2) is 6.61 Å². The van der Waals surface area contributed by atoms with Crippen molar-refractivity contribution in [1.29, 1.82) is 0 Å². The number of amides is 3. The molecular weight excluding hydrogens is 598 g/mol. The van der Waals surface area contributed by atoms with Crippen molar-refractivity contribution < 1.29 is 28.6 Å². The summed E-state index contributed by atoms with van der Waals surface area (Å²) in [5, 5.41) is 8.91. The van der Waals surface area contributed by atoms with Crippen molar-refractivity contribution >= 4 is 34.8 Å². The third kappa shape index (κ3) is 10.4. The number of carbonyl (C=O) groups is 3. The molecular formula is C36H45N5O6. The van der Waals surface area contributed by atoms with Crippen molar-refractivity contribution in [2.24, 2.45) is 5.73 Å². The van der Waals surface area contributed by atoms with Gasteiger partial charge in [0, 0.05) is 48.2 Å². The van der Waals surface area contributed by atoms with Crippen LogP contribution < -0.4 is 26.4 Å². The predicted octanol–water partition coefficient (Wildman–Crippen LogP) is 4.65. The largest absolute Gasteiger partial charge is 0.482 e. The zero-order valence-electron chi connectivity index (χ0n) is 27.2. The van der Waals surface area contributed by atoms with E-state index in [0.717, 1.165) is 29.7 Å². The monoisotopic (exact) mass is 643 g/mol. The second-order valence-electron chi connectivity index (χ2n) is 10.9. The molecule has 2 aliphatic rings. The van der Waals surface area contributed by atoms with Crippen LogP contribution in [0, 0.1) is 0 Å². The molecule has 0 atom stereocenters. The fourth-order valence-corrected chi connectivity index (χ4v) is 4.82. The minimum Gasteiger partial charge on any atom is -0.482 e. The Morgan fingerprint density at radius 3 is 2.28 bits per heavy atom. The molecule has 3 amide bonds. The van der Waals surface area contributed by atoms with Crippen molar-refractivity contribution in [2.45, 2.75) is 39.3 Å². The van der Waals surface area contributed by atoms with Gasteiger partial charge in [-0.3, -0.25) is 14.4 Å². The number of hydrogen-bond acceptors (Lipinski definition) is 8. The topological polar surface area (TPSA) is 144 Å². The summed E-state index contributed by atoms with van der Waals surface area (Å²) in [7, 11) is 0. The minimum absolute atomic E-state index is 0.0698. The number of nitrogens with two attached hydrogens (primary N) is 1. The molecule has 0 radical (unpaired) electrons. The van der Waals surface area contributed by atoms with Crippen LogP contribution in [0.3, 0.4) is 0 Å². The Bertz CT molecular complexity index is 1510. The van der Waals surface area contributed by atoms with Crippen LogP contribution in [0.5, 0.6) is 5.75 Å². The SMILES string of the molecule is C=C(NCCOCCOCCN)c1ccc(NC(=O)c2ccc(CN(C(=O)c3ccc4c(c3)OCC(=O)N4)C3CC3)cc2)cc1.CC. The highest BCUT2D eigenvalue weighted by Gasteiger charge is 2.33.